The Morgan fingerprint density at radius 1 is 1.38 bits per heavy atom. The highest BCUT2D eigenvalue weighted by Gasteiger charge is 2.15. The molecule has 2 N–H and O–H groups in total. The second kappa shape index (κ2) is 5.30. The second-order valence-electron chi connectivity index (χ2n) is 5.28. The van der Waals surface area contributed by atoms with Gasteiger partial charge in [-0.1, -0.05) is 5.21 Å². The normalized spacial score (nSPS) is 11.1. The van der Waals surface area contributed by atoms with Gasteiger partial charge < -0.3 is 10.1 Å². The first-order valence-corrected chi connectivity index (χ1v) is 7.21. The van der Waals surface area contributed by atoms with Crippen LogP contribution < -0.4 is 10.1 Å². The van der Waals surface area contributed by atoms with Crippen molar-refractivity contribution >= 4 is 34.0 Å². The maximum Gasteiger partial charge on any atom is 0.308 e. The smallest absolute Gasteiger partial charge is 0.308 e. The van der Waals surface area contributed by atoms with Crippen LogP contribution in [0.3, 0.4) is 0 Å². The molecule has 120 valence electrons. The van der Waals surface area contributed by atoms with Crippen molar-refractivity contribution < 1.29 is 9.53 Å². The highest BCUT2D eigenvalue weighted by atomic mass is 16.5. The molecule has 3 heterocycles. The number of nitrogens with one attached hydrogen (secondary N) is 2. The predicted octanol–water partition coefficient (Wildman–Crippen LogP) is 1.98. The van der Waals surface area contributed by atoms with Crippen LogP contribution in [-0.4, -0.2) is 36.0 Å². The third-order valence-electron chi connectivity index (χ3n) is 3.62. The van der Waals surface area contributed by atoms with Gasteiger partial charge in [0.1, 0.15) is 17.4 Å². The second-order valence-corrected chi connectivity index (χ2v) is 5.28. The molecule has 0 radical (unpaired) electrons. The number of rotatable bonds is 3. The number of H-pyrrole nitrogens is 1. The van der Waals surface area contributed by atoms with E-state index in [1.54, 1.807) is 10.7 Å². The first-order chi connectivity index (χ1) is 11.6. The highest BCUT2D eigenvalue weighted by Crippen LogP contribution is 2.30. The lowest BCUT2D eigenvalue weighted by Crippen LogP contribution is -2.01. The Morgan fingerprint density at radius 2 is 2.25 bits per heavy atom. The molecule has 0 atom stereocenters. The van der Waals surface area contributed by atoms with E-state index in [1.165, 1.54) is 13.3 Å². The standard InChI is InChI=1S/C15H13N7O2/c1-8-13(24-9(2)23)6-22-14(8)15(16-7-17-22)18-10-3-4-11-12(5-10)20-21-19-11/h3-7H,1-2H3,(H,16,17,18)(H,19,20,21). The molecule has 4 aromatic rings. The molecule has 0 saturated carbocycles. The van der Waals surface area contributed by atoms with Gasteiger partial charge in [0.15, 0.2) is 11.6 Å². The highest BCUT2D eigenvalue weighted by molar-refractivity contribution is 5.83. The number of hydrogen-bond acceptors (Lipinski definition) is 7. The summed E-state index contributed by atoms with van der Waals surface area (Å²) in [6.45, 7) is 3.21. The van der Waals surface area contributed by atoms with Crippen molar-refractivity contribution in [2.45, 2.75) is 13.8 Å². The summed E-state index contributed by atoms with van der Waals surface area (Å²) >= 11 is 0. The van der Waals surface area contributed by atoms with Crippen LogP contribution in [0.15, 0.2) is 30.7 Å². The zero-order valence-corrected chi connectivity index (χ0v) is 12.9. The number of aromatic amines is 1. The largest absolute Gasteiger partial charge is 0.425 e. The Morgan fingerprint density at radius 3 is 3.08 bits per heavy atom. The van der Waals surface area contributed by atoms with Crippen molar-refractivity contribution in [3.05, 3.63) is 36.3 Å². The van der Waals surface area contributed by atoms with Crippen LogP contribution in [0.5, 0.6) is 5.75 Å². The van der Waals surface area contributed by atoms with Crippen LogP contribution in [-0.2, 0) is 4.79 Å². The van der Waals surface area contributed by atoms with E-state index in [1.807, 2.05) is 25.1 Å². The van der Waals surface area contributed by atoms with Gasteiger partial charge in [-0.25, -0.2) is 9.50 Å². The molecular formula is C15H13N7O2. The Kier molecular flexibility index (Phi) is 3.12. The number of carbonyl (C=O) groups excluding carboxylic acids is 1. The summed E-state index contributed by atoms with van der Waals surface area (Å²) in [4.78, 5) is 15.5. The average molecular weight is 323 g/mol. The van der Waals surface area contributed by atoms with Crippen molar-refractivity contribution in [3.63, 3.8) is 0 Å². The minimum Gasteiger partial charge on any atom is -0.425 e. The number of anilines is 2. The van der Waals surface area contributed by atoms with Crippen LogP contribution in [0.25, 0.3) is 16.6 Å². The third kappa shape index (κ3) is 2.32. The summed E-state index contributed by atoms with van der Waals surface area (Å²) in [5.41, 5.74) is 3.92. The lowest BCUT2D eigenvalue weighted by molar-refractivity contribution is -0.131. The number of carbonyl (C=O) groups is 1. The lowest BCUT2D eigenvalue weighted by Gasteiger charge is -2.07. The summed E-state index contributed by atoms with van der Waals surface area (Å²) in [6, 6.07) is 5.64. The van der Waals surface area contributed by atoms with Crippen molar-refractivity contribution in [1.29, 1.82) is 0 Å². The van der Waals surface area contributed by atoms with Crippen LogP contribution in [0.4, 0.5) is 11.5 Å². The topological polar surface area (TPSA) is 110 Å². The van der Waals surface area contributed by atoms with Crippen molar-refractivity contribution in [2.24, 2.45) is 0 Å². The number of hydrogen-bond donors (Lipinski definition) is 2. The molecule has 0 unspecified atom stereocenters. The predicted molar refractivity (Wildman–Crippen MR) is 86.2 cm³/mol. The molecule has 9 nitrogen and oxygen atoms in total. The van der Waals surface area contributed by atoms with Gasteiger partial charge in [-0.2, -0.15) is 5.10 Å². The number of fused-ring (bicyclic) bond motifs is 2. The Hall–Kier alpha value is -3.49. The van der Waals surface area contributed by atoms with E-state index in [2.05, 4.69) is 30.8 Å². The molecule has 0 aliphatic rings. The molecular weight excluding hydrogens is 310 g/mol. The number of benzene rings is 1. The zero-order chi connectivity index (χ0) is 16.7. The number of nitrogens with zero attached hydrogens (tertiary/aromatic N) is 5. The fourth-order valence-electron chi connectivity index (χ4n) is 2.54. The van der Waals surface area contributed by atoms with Crippen LogP contribution >= 0.6 is 0 Å². The molecule has 0 aliphatic heterocycles. The molecule has 0 saturated heterocycles. The molecule has 3 aromatic heterocycles. The Balaban J connectivity index is 1.78. The van der Waals surface area contributed by atoms with E-state index >= 15 is 0 Å². The van der Waals surface area contributed by atoms with E-state index in [0.29, 0.717) is 11.6 Å². The maximum atomic E-state index is 11.2. The molecule has 0 fully saturated rings. The van der Waals surface area contributed by atoms with Crippen LogP contribution in [0.1, 0.15) is 12.5 Å². The summed E-state index contributed by atoms with van der Waals surface area (Å²) < 4.78 is 6.83. The zero-order valence-electron chi connectivity index (χ0n) is 12.9. The minimum atomic E-state index is -0.382. The van der Waals surface area contributed by atoms with Gasteiger partial charge in [-0.05, 0) is 25.1 Å². The quantitative estimate of drug-likeness (QED) is 0.555. The number of ether oxygens (including phenoxy) is 1. The van der Waals surface area contributed by atoms with Crippen molar-refractivity contribution in [2.75, 3.05) is 5.32 Å². The monoisotopic (exact) mass is 323 g/mol. The van der Waals surface area contributed by atoms with Crippen LogP contribution in [0, 0.1) is 6.92 Å². The molecule has 0 bridgehead atoms. The van der Waals surface area contributed by atoms with E-state index in [9.17, 15) is 4.79 Å². The van der Waals surface area contributed by atoms with Crippen molar-refractivity contribution in [3.8, 4) is 5.75 Å². The molecule has 1 aromatic carbocycles. The third-order valence-corrected chi connectivity index (χ3v) is 3.62. The SMILES string of the molecule is CC(=O)Oc1cn2ncnc(Nc3ccc4[nH]nnc4c3)c2c1C. The molecule has 0 amide bonds. The molecule has 24 heavy (non-hydrogen) atoms. The van der Waals surface area contributed by atoms with Gasteiger partial charge in [-0.3, -0.25) is 9.89 Å². The van der Waals surface area contributed by atoms with Gasteiger partial charge in [0.2, 0.25) is 0 Å². The summed E-state index contributed by atoms with van der Waals surface area (Å²) in [5, 5.41) is 18.0. The Labute approximate surface area is 135 Å². The number of aromatic nitrogens is 6. The van der Waals surface area contributed by atoms with E-state index < -0.39 is 0 Å². The fraction of sp³-hybridized carbons (Fsp3) is 0.133. The first-order valence-electron chi connectivity index (χ1n) is 7.21. The van der Waals surface area contributed by atoms with Crippen LogP contribution in [0.2, 0.25) is 0 Å². The Bertz CT molecular complexity index is 1070. The average Bonchev–Trinajstić information content (AvgIpc) is 3.12. The van der Waals surface area contributed by atoms with Gasteiger partial charge in [0.05, 0.1) is 11.7 Å². The molecule has 0 spiro atoms. The van der Waals surface area contributed by atoms with Gasteiger partial charge in [0, 0.05) is 18.2 Å². The number of esters is 1. The van der Waals surface area contributed by atoms with Gasteiger partial charge >= 0.3 is 5.97 Å². The fourth-order valence-corrected chi connectivity index (χ4v) is 2.54. The molecule has 0 aliphatic carbocycles. The summed E-state index contributed by atoms with van der Waals surface area (Å²) in [7, 11) is 0. The lowest BCUT2D eigenvalue weighted by atomic mass is 10.2. The van der Waals surface area contributed by atoms with Crippen molar-refractivity contribution in [1.82, 2.24) is 30.0 Å². The van der Waals surface area contributed by atoms with Gasteiger partial charge in [0.25, 0.3) is 0 Å². The first kappa shape index (κ1) is 14.1. The van der Waals surface area contributed by atoms with Gasteiger partial charge in [-0.15, -0.1) is 5.10 Å². The summed E-state index contributed by atoms with van der Waals surface area (Å²) in [6.07, 6.45) is 3.08. The van der Waals surface area contributed by atoms with E-state index in [0.717, 1.165) is 27.8 Å². The maximum absolute atomic E-state index is 11.2. The number of aryl methyl sites for hydroxylation is 1. The molecule has 4 rings (SSSR count). The summed E-state index contributed by atoms with van der Waals surface area (Å²) in [5.74, 6) is 0.676. The minimum absolute atomic E-state index is 0.382. The van der Waals surface area contributed by atoms with E-state index in [4.69, 9.17) is 4.74 Å². The molecule has 9 heteroatoms. The van der Waals surface area contributed by atoms with E-state index in [-0.39, 0.29) is 5.97 Å².